The number of benzene rings is 2. The average Bonchev–Trinajstić information content (AvgIpc) is 2.73. The van der Waals surface area contributed by atoms with Crippen molar-refractivity contribution in [2.75, 3.05) is 42.9 Å². The van der Waals surface area contributed by atoms with Crippen LogP contribution in [0.1, 0.15) is 22.8 Å². The summed E-state index contributed by atoms with van der Waals surface area (Å²) >= 11 is 11.7. The molecule has 1 heterocycles. The predicted octanol–water partition coefficient (Wildman–Crippen LogP) is 3.83. The Hall–Kier alpha value is -2.75. The van der Waals surface area contributed by atoms with Gasteiger partial charge in [-0.3, -0.25) is 20.2 Å². The van der Waals surface area contributed by atoms with Crippen molar-refractivity contribution in [3.05, 3.63) is 62.7 Å². The van der Waals surface area contributed by atoms with E-state index in [2.05, 4.69) is 27.4 Å². The van der Waals surface area contributed by atoms with E-state index in [0.717, 1.165) is 38.4 Å². The molecule has 3 rings (SSSR count). The molecule has 0 radical (unpaired) electrons. The molecule has 0 saturated carbocycles. The minimum absolute atomic E-state index is 0.0799. The van der Waals surface area contributed by atoms with E-state index in [4.69, 9.17) is 23.8 Å². The minimum atomic E-state index is -0.519. The maximum absolute atomic E-state index is 12.5. The summed E-state index contributed by atoms with van der Waals surface area (Å²) in [6, 6.07) is 9.89. The SMILES string of the molecule is CCN1CCN(c2ccc(NC(=S)NC(=O)c3cccc([N+](=O)[O-])c3C)cc2Cl)CC1. The molecule has 1 amide bonds. The summed E-state index contributed by atoms with van der Waals surface area (Å²) in [6.45, 7) is 8.56. The van der Waals surface area contributed by atoms with Crippen molar-refractivity contribution in [2.45, 2.75) is 13.8 Å². The highest BCUT2D eigenvalue weighted by Crippen LogP contribution is 2.29. The number of nitro benzene ring substituents is 1. The smallest absolute Gasteiger partial charge is 0.273 e. The quantitative estimate of drug-likeness (QED) is 0.397. The van der Waals surface area contributed by atoms with Crippen LogP contribution in [0, 0.1) is 17.0 Å². The summed E-state index contributed by atoms with van der Waals surface area (Å²) in [7, 11) is 0. The Labute approximate surface area is 191 Å². The van der Waals surface area contributed by atoms with Gasteiger partial charge in [0.05, 0.1) is 15.6 Å². The Kier molecular flexibility index (Phi) is 7.42. The van der Waals surface area contributed by atoms with Gasteiger partial charge in [0.2, 0.25) is 0 Å². The van der Waals surface area contributed by atoms with Crippen LogP contribution in [0.3, 0.4) is 0 Å². The first-order valence-corrected chi connectivity index (χ1v) is 10.7. The van der Waals surface area contributed by atoms with Crippen LogP contribution in [0.2, 0.25) is 5.02 Å². The molecule has 31 heavy (non-hydrogen) atoms. The van der Waals surface area contributed by atoms with Crippen molar-refractivity contribution in [2.24, 2.45) is 0 Å². The third-order valence-electron chi connectivity index (χ3n) is 5.34. The fourth-order valence-corrected chi connectivity index (χ4v) is 4.06. The molecule has 1 saturated heterocycles. The van der Waals surface area contributed by atoms with Gasteiger partial charge in [-0.25, -0.2) is 0 Å². The molecule has 2 aromatic rings. The van der Waals surface area contributed by atoms with Crippen molar-refractivity contribution in [3.8, 4) is 0 Å². The van der Waals surface area contributed by atoms with E-state index >= 15 is 0 Å². The lowest BCUT2D eigenvalue weighted by Crippen LogP contribution is -2.46. The molecule has 164 valence electrons. The second-order valence-electron chi connectivity index (χ2n) is 7.20. The molecule has 0 aromatic heterocycles. The summed E-state index contributed by atoms with van der Waals surface area (Å²) < 4.78 is 0. The van der Waals surface area contributed by atoms with E-state index < -0.39 is 10.8 Å². The lowest BCUT2D eigenvalue weighted by atomic mass is 10.1. The molecule has 2 aromatic carbocycles. The normalized spacial score (nSPS) is 14.2. The third-order valence-corrected chi connectivity index (χ3v) is 5.85. The molecule has 0 atom stereocenters. The number of nitrogens with zero attached hydrogens (tertiary/aromatic N) is 3. The van der Waals surface area contributed by atoms with Gasteiger partial charge in [0, 0.05) is 49.1 Å². The first-order valence-electron chi connectivity index (χ1n) is 9.93. The van der Waals surface area contributed by atoms with Gasteiger partial charge >= 0.3 is 0 Å². The summed E-state index contributed by atoms with van der Waals surface area (Å²) in [5.74, 6) is -0.518. The highest BCUT2D eigenvalue weighted by molar-refractivity contribution is 7.80. The van der Waals surface area contributed by atoms with Crippen LogP contribution in [0.5, 0.6) is 0 Å². The highest BCUT2D eigenvalue weighted by atomic mass is 35.5. The summed E-state index contributed by atoms with van der Waals surface area (Å²) in [6.07, 6.45) is 0. The van der Waals surface area contributed by atoms with Gasteiger partial charge in [0.1, 0.15) is 0 Å². The molecule has 0 unspecified atom stereocenters. The molecular weight excluding hydrogens is 438 g/mol. The predicted molar refractivity (Wildman–Crippen MR) is 127 cm³/mol. The zero-order valence-electron chi connectivity index (χ0n) is 17.4. The number of carbonyl (C=O) groups is 1. The Morgan fingerprint density at radius 1 is 1.23 bits per heavy atom. The number of nitrogens with one attached hydrogen (secondary N) is 2. The standard InChI is InChI=1S/C21H24ClN5O3S/c1-3-25-9-11-26(12-10-25)19-8-7-15(13-17(19)22)23-21(31)24-20(28)16-5-4-6-18(14(16)2)27(29)30/h4-8,13H,3,9-12H2,1-2H3,(H2,23,24,28,31). The first kappa shape index (κ1) is 22.9. The molecule has 1 aliphatic rings. The first-order chi connectivity index (χ1) is 14.8. The Balaban J connectivity index is 1.63. The van der Waals surface area contributed by atoms with Gasteiger partial charge in [-0.2, -0.15) is 0 Å². The second-order valence-corrected chi connectivity index (χ2v) is 8.02. The second kappa shape index (κ2) is 10.0. The fourth-order valence-electron chi connectivity index (χ4n) is 3.55. The molecular formula is C21H24ClN5O3S. The zero-order chi connectivity index (χ0) is 22.5. The van der Waals surface area contributed by atoms with Gasteiger partial charge in [0.15, 0.2) is 5.11 Å². The molecule has 0 bridgehead atoms. The van der Waals surface area contributed by atoms with Gasteiger partial charge in [-0.1, -0.05) is 24.6 Å². The van der Waals surface area contributed by atoms with E-state index in [1.54, 1.807) is 6.07 Å². The summed E-state index contributed by atoms with van der Waals surface area (Å²) in [5, 5.41) is 17.3. The highest BCUT2D eigenvalue weighted by Gasteiger charge is 2.20. The number of hydrogen-bond donors (Lipinski definition) is 2. The number of anilines is 2. The number of halogens is 1. The Bertz CT molecular complexity index is 1010. The maximum Gasteiger partial charge on any atom is 0.273 e. The Morgan fingerprint density at radius 2 is 1.94 bits per heavy atom. The van der Waals surface area contributed by atoms with Crippen LogP contribution in [0.15, 0.2) is 36.4 Å². The van der Waals surface area contributed by atoms with Crippen molar-refractivity contribution in [1.29, 1.82) is 0 Å². The zero-order valence-corrected chi connectivity index (χ0v) is 18.9. The van der Waals surface area contributed by atoms with Crippen LogP contribution in [0.4, 0.5) is 17.1 Å². The van der Waals surface area contributed by atoms with Crippen molar-refractivity contribution < 1.29 is 9.72 Å². The number of nitro groups is 1. The Morgan fingerprint density at radius 3 is 2.55 bits per heavy atom. The van der Waals surface area contributed by atoms with Crippen molar-refractivity contribution >= 4 is 51.9 Å². The number of thiocarbonyl (C=S) groups is 1. The van der Waals surface area contributed by atoms with Crippen LogP contribution < -0.4 is 15.5 Å². The van der Waals surface area contributed by atoms with E-state index in [9.17, 15) is 14.9 Å². The number of rotatable bonds is 5. The molecule has 0 aliphatic carbocycles. The maximum atomic E-state index is 12.5. The van der Waals surface area contributed by atoms with Crippen LogP contribution in [0.25, 0.3) is 0 Å². The molecule has 1 aliphatic heterocycles. The fraction of sp³-hybridized carbons (Fsp3) is 0.333. The monoisotopic (exact) mass is 461 g/mol. The topological polar surface area (TPSA) is 90.8 Å². The van der Waals surface area contributed by atoms with Gasteiger partial charge < -0.3 is 15.1 Å². The number of hydrogen-bond acceptors (Lipinski definition) is 6. The third kappa shape index (κ3) is 5.49. The van der Waals surface area contributed by atoms with Crippen LogP contribution in [-0.4, -0.2) is 53.6 Å². The molecule has 8 nitrogen and oxygen atoms in total. The summed E-state index contributed by atoms with van der Waals surface area (Å²) in [5.41, 5.74) is 1.96. The van der Waals surface area contributed by atoms with E-state index in [0.29, 0.717) is 10.7 Å². The molecule has 1 fully saturated rings. The van der Waals surface area contributed by atoms with Gasteiger partial charge in [-0.15, -0.1) is 0 Å². The van der Waals surface area contributed by atoms with Gasteiger partial charge in [-0.05, 0) is 50.0 Å². The van der Waals surface area contributed by atoms with Crippen molar-refractivity contribution in [1.82, 2.24) is 10.2 Å². The van der Waals surface area contributed by atoms with Crippen LogP contribution in [-0.2, 0) is 0 Å². The number of amides is 1. The number of carbonyl (C=O) groups excluding carboxylic acids is 1. The lowest BCUT2D eigenvalue weighted by Gasteiger charge is -2.36. The molecule has 0 spiro atoms. The summed E-state index contributed by atoms with van der Waals surface area (Å²) in [4.78, 5) is 27.7. The number of piperazine rings is 1. The van der Waals surface area contributed by atoms with Crippen LogP contribution >= 0.6 is 23.8 Å². The van der Waals surface area contributed by atoms with Gasteiger partial charge in [0.25, 0.3) is 11.6 Å². The average molecular weight is 462 g/mol. The minimum Gasteiger partial charge on any atom is -0.368 e. The molecule has 10 heteroatoms. The van der Waals surface area contributed by atoms with Crippen molar-refractivity contribution in [3.63, 3.8) is 0 Å². The largest absolute Gasteiger partial charge is 0.368 e. The van der Waals surface area contributed by atoms with E-state index in [-0.39, 0.29) is 21.9 Å². The van der Waals surface area contributed by atoms with E-state index in [1.807, 2.05) is 12.1 Å². The molecule has 2 N–H and O–H groups in total. The van der Waals surface area contributed by atoms with E-state index in [1.165, 1.54) is 25.1 Å². The number of likely N-dealkylation sites (N-methyl/N-ethyl adjacent to an activating group) is 1. The lowest BCUT2D eigenvalue weighted by molar-refractivity contribution is -0.385.